The van der Waals surface area contributed by atoms with E-state index in [-0.39, 0.29) is 0 Å². The fourth-order valence-electron chi connectivity index (χ4n) is 6.64. The molecule has 2 aromatic heterocycles. The Kier molecular flexibility index (Phi) is 5.20. The lowest BCUT2D eigenvalue weighted by atomic mass is 9.95. The highest BCUT2D eigenvalue weighted by Crippen LogP contribution is 2.40. The van der Waals surface area contributed by atoms with Gasteiger partial charge in [0.2, 0.25) is 5.95 Å². The molecule has 0 radical (unpaired) electrons. The molecule has 0 amide bonds. The second-order valence-electron chi connectivity index (χ2n) is 11.0. The summed E-state index contributed by atoms with van der Waals surface area (Å²) in [5.74, 6) is 0.664. The van der Waals surface area contributed by atoms with Crippen LogP contribution in [0.15, 0.2) is 152 Å². The van der Waals surface area contributed by atoms with Crippen LogP contribution in [0.3, 0.4) is 0 Å². The molecule has 9 aromatic rings. The third-order valence-electron chi connectivity index (χ3n) is 8.61. The number of hydrogen-bond donors (Lipinski definition) is 0. The minimum absolute atomic E-state index is 0.664. The Bertz CT molecular complexity index is 2440. The predicted molar refractivity (Wildman–Crippen MR) is 180 cm³/mol. The monoisotopic (exact) mass is 547 g/mol. The highest BCUT2D eigenvalue weighted by molar-refractivity contribution is 6.27. The van der Waals surface area contributed by atoms with Gasteiger partial charge in [-0.2, -0.15) is 0 Å². The molecule has 3 heteroatoms. The molecule has 0 N–H and O–H groups in total. The van der Waals surface area contributed by atoms with E-state index in [4.69, 9.17) is 9.97 Å². The molecule has 0 atom stereocenters. The van der Waals surface area contributed by atoms with Crippen LogP contribution in [0.2, 0.25) is 0 Å². The summed E-state index contributed by atoms with van der Waals surface area (Å²) >= 11 is 0. The molecule has 0 bridgehead atoms. The fourth-order valence-corrected chi connectivity index (χ4v) is 6.64. The van der Waals surface area contributed by atoms with Crippen molar-refractivity contribution >= 4 is 54.1 Å². The lowest BCUT2D eigenvalue weighted by Gasteiger charge is -2.12. The highest BCUT2D eigenvalue weighted by atomic mass is 15.2. The fraction of sp³-hybridized carbons (Fsp3) is 0. The predicted octanol–water partition coefficient (Wildman–Crippen LogP) is 10.4. The zero-order valence-electron chi connectivity index (χ0n) is 23.3. The van der Waals surface area contributed by atoms with E-state index in [2.05, 4.69) is 144 Å². The maximum absolute atomic E-state index is 5.19. The lowest BCUT2D eigenvalue weighted by Crippen LogP contribution is -2.04. The van der Waals surface area contributed by atoms with Crippen LogP contribution in [0.25, 0.3) is 82.6 Å². The maximum Gasteiger partial charge on any atom is 0.235 e. The Morgan fingerprint density at radius 1 is 0.372 bits per heavy atom. The minimum atomic E-state index is 0.664. The maximum atomic E-state index is 5.19. The molecular formula is C40H25N3. The Hall–Kier alpha value is -5.80. The van der Waals surface area contributed by atoms with E-state index in [0.29, 0.717) is 5.95 Å². The second kappa shape index (κ2) is 9.37. The molecule has 43 heavy (non-hydrogen) atoms. The van der Waals surface area contributed by atoms with Gasteiger partial charge in [-0.25, -0.2) is 9.97 Å². The molecule has 0 aliphatic rings. The Morgan fingerprint density at radius 2 is 0.907 bits per heavy atom. The average Bonchev–Trinajstić information content (AvgIpc) is 3.43. The first kappa shape index (κ1) is 23.9. The van der Waals surface area contributed by atoms with Crippen molar-refractivity contribution in [3.63, 3.8) is 0 Å². The molecule has 2 heterocycles. The molecule has 3 nitrogen and oxygen atoms in total. The molecule has 9 rings (SSSR count). The van der Waals surface area contributed by atoms with Crippen LogP contribution in [0, 0.1) is 0 Å². The number of nitrogens with zero attached hydrogens (tertiary/aromatic N) is 3. The van der Waals surface area contributed by atoms with E-state index in [1.54, 1.807) is 0 Å². The van der Waals surface area contributed by atoms with Gasteiger partial charge in [-0.15, -0.1) is 0 Å². The number of para-hydroxylation sites is 1. The summed E-state index contributed by atoms with van der Waals surface area (Å²) in [6, 6.07) is 53.6. The molecule has 0 unspecified atom stereocenters. The molecule has 7 aromatic carbocycles. The van der Waals surface area contributed by atoms with Crippen molar-refractivity contribution < 1.29 is 0 Å². The second-order valence-corrected chi connectivity index (χ2v) is 11.0. The van der Waals surface area contributed by atoms with Gasteiger partial charge >= 0.3 is 0 Å². The third-order valence-corrected chi connectivity index (χ3v) is 8.61. The number of hydrogen-bond acceptors (Lipinski definition) is 2. The van der Waals surface area contributed by atoms with Crippen molar-refractivity contribution in [2.24, 2.45) is 0 Å². The van der Waals surface area contributed by atoms with E-state index >= 15 is 0 Å². The smallest absolute Gasteiger partial charge is 0.235 e. The van der Waals surface area contributed by atoms with E-state index in [0.717, 1.165) is 33.5 Å². The van der Waals surface area contributed by atoms with Crippen molar-refractivity contribution in [2.75, 3.05) is 0 Å². The van der Waals surface area contributed by atoms with Crippen LogP contribution in [0.5, 0.6) is 0 Å². The van der Waals surface area contributed by atoms with Gasteiger partial charge in [0.1, 0.15) is 0 Å². The SMILES string of the molecule is c1ccc(-c2cc(-c3ccccc3)nc(-n3c4ccccc4c4c5ccc6c7ccccc7ccc6c5ccc43)n2)cc1. The van der Waals surface area contributed by atoms with Crippen molar-refractivity contribution in [1.82, 2.24) is 14.5 Å². The van der Waals surface area contributed by atoms with Gasteiger partial charge in [0.05, 0.1) is 22.4 Å². The molecule has 0 saturated heterocycles. The van der Waals surface area contributed by atoms with E-state index in [9.17, 15) is 0 Å². The zero-order chi connectivity index (χ0) is 28.3. The van der Waals surface area contributed by atoms with E-state index < -0.39 is 0 Å². The van der Waals surface area contributed by atoms with Crippen LogP contribution in [0.4, 0.5) is 0 Å². The van der Waals surface area contributed by atoms with Crippen LogP contribution < -0.4 is 0 Å². The number of aromatic nitrogens is 3. The number of fused-ring (bicyclic) bond motifs is 9. The molecule has 0 fully saturated rings. The van der Waals surface area contributed by atoms with Gasteiger partial charge in [0, 0.05) is 21.9 Å². The summed E-state index contributed by atoms with van der Waals surface area (Å²) < 4.78 is 2.23. The Labute approximate surface area is 248 Å². The standard InChI is InChI=1S/C40H25N3/c1-3-12-27(13-4-1)35-25-36(28-14-5-2-6-15-28)42-40(41-35)43-37-18-10-9-17-34(37)39-33-22-21-30-29-16-8-7-11-26(29)19-20-31(30)32(33)23-24-38(39)43/h1-25H. The van der Waals surface area contributed by atoms with Gasteiger partial charge in [-0.1, -0.05) is 133 Å². The van der Waals surface area contributed by atoms with Crippen molar-refractivity contribution in [2.45, 2.75) is 0 Å². The van der Waals surface area contributed by atoms with Gasteiger partial charge in [-0.3, -0.25) is 4.57 Å². The third kappa shape index (κ3) is 3.68. The number of benzene rings is 7. The summed E-state index contributed by atoms with van der Waals surface area (Å²) in [5, 5.41) is 9.99. The molecule has 0 spiro atoms. The first-order valence-electron chi connectivity index (χ1n) is 14.6. The topological polar surface area (TPSA) is 30.7 Å². The molecular weight excluding hydrogens is 522 g/mol. The Balaban J connectivity index is 1.37. The first-order chi connectivity index (χ1) is 21.3. The van der Waals surface area contributed by atoms with Crippen LogP contribution in [0.1, 0.15) is 0 Å². The van der Waals surface area contributed by atoms with Crippen molar-refractivity contribution in [3.8, 4) is 28.5 Å². The quantitative estimate of drug-likeness (QED) is 0.206. The first-order valence-corrected chi connectivity index (χ1v) is 14.6. The van der Waals surface area contributed by atoms with Gasteiger partial charge in [0.25, 0.3) is 0 Å². The van der Waals surface area contributed by atoms with E-state index in [1.807, 2.05) is 12.1 Å². The summed E-state index contributed by atoms with van der Waals surface area (Å²) in [5.41, 5.74) is 6.11. The molecule has 0 aliphatic carbocycles. The summed E-state index contributed by atoms with van der Waals surface area (Å²) in [6.07, 6.45) is 0. The average molecular weight is 548 g/mol. The van der Waals surface area contributed by atoms with Gasteiger partial charge in [0.15, 0.2) is 0 Å². The number of rotatable bonds is 3. The van der Waals surface area contributed by atoms with Crippen LogP contribution >= 0.6 is 0 Å². The lowest BCUT2D eigenvalue weighted by molar-refractivity contribution is 0.996. The zero-order valence-corrected chi connectivity index (χ0v) is 23.3. The Morgan fingerprint density at radius 3 is 1.65 bits per heavy atom. The molecule has 0 aliphatic heterocycles. The highest BCUT2D eigenvalue weighted by Gasteiger charge is 2.19. The largest absolute Gasteiger partial charge is 0.278 e. The summed E-state index contributed by atoms with van der Waals surface area (Å²) in [4.78, 5) is 10.4. The molecule has 0 saturated carbocycles. The van der Waals surface area contributed by atoms with Gasteiger partial charge < -0.3 is 0 Å². The van der Waals surface area contributed by atoms with E-state index in [1.165, 1.54) is 43.1 Å². The van der Waals surface area contributed by atoms with Crippen molar-refractivity contribution in [1.29, 1.82) is 0 Å². The normalized spacial score (nSPS) is 11.7. The summed E-state index contributed by atoms with van der Waals surface area (Å²) in [7, 11) is 0. The summed E-state index contributed by atoms with van der Waals surface area (Å²) in [6.45, 7) is 0. The van der Waals surface area contributed by atoms with Crippen molar-refractivity contribution in [3.05, 3.63) is 152 Å². The minimum Gasteiger partial charge on any atom is -0.278 e. The van der Waals surface area contributed by atoms with Crippen LogP contribution in [-0.4, -0.2) is 14.5 Å². The van der Waals surface area contributed by atoms with Gasteiger partial charge in [-0.05, 0) is 50.5 Å². The van der Waals surface area contributed by atoms with Crippen LogP contribution in [-0.2, 0) is 0 Å². The molecule has 200 valence electrons.